The zero-order valence-corrected chi connectivity index (χ0v) is 14.2. The maximum atomic E-state index is 12.2. The molecule has 0 radical (unpaired) electrons. The van der Waals surface area contributed by atoms with Gasteiger partial charge in [-0.3, -0.25) is 4.79 Å². The van der Waals surface area contributed by atoms with Crippen LogP contribution in [0, 0.1) is 11.3 Å². The van der Waals surface area contributed by atoms with E-state index in [4.69, 9.17) is 5.26 Å². The van der Waals surface area contributed by atoms with Gasteiger partial charge in [0.2, 0.25) is 5.91 Å². The summed E-state index contributed by atoms with van der Waals surface area (Å²) >= 11 is 1.68. The summed E-state index contributed by atoms with van der Waals surface area (Å²) in [5, 5.41) is 9.15. The van der Waals surface area contributed by atoms with Crippen molar-refractivity contribution in [2.75, 3.05) is 36.8 Å². The third kappa shape index (κ3) is 4.38. The van der Waals surface area contributed by atoms with Gasteiger partial charge in [-0.15, -0.1) is 11.8 Å². The number of hydrogen-bond acceptors (Lipinski definition) is 5. The van der Waals surface area contributed by atoms with Gasteiger partial charge >= 0.3 is 0 Å². The summed E-state index contributed by atoms with van der Waals surface area (Å²) < 4.78 is 0.104. The Labute approximate surface area is 136 Å². The molecule has 0 aromatic carbocycles. The van der Waals surface area contributed by atoms with Gasteiger partial charge in [-0.2, -0.15) is 5.26 Å². The van der Waals surface area contributed by atoms with Gasteiger partial charge in [0.25, 0.3) is 0 Å². The first-order chi connectivity index (χ1) is 10.4. The topological polar surface area (TPSA) is 60.2 Å². The molecule has 1 aliphatic heterocycles. The summed E-state index contributed by atoms with van der Waals surface area (Å²) in [5.74, 6) is 1.44. The highest BCUT2D eigenvalue weighted by Crippen LogP contribution is 2.24. The molecule has 1 aromatic heterocycles. The number of anilines is 1. The van der Waals surface area contributed by atoms with Crippen LogP contribution in [0.5, 0.6) is 0 Å². The summed E-state index contributed by atoms with van der Waals surface area (Å²) in [7, 11) is 0. The van der Waals surface area contributed by atoms with Crippen molar-refractivity contribution >= 4 is 23.5 Å². The van der Waals surface area contributed by atoms with Crippen LogP contribution in [-0.4, -0.2) is 52.5 Å². The maximum absolute atomic E-state index is 12.2. The zero-order valence-electron chi connectivity index (χ0n) is 13.4. The second-order valence-corrected chi connectivity index (χ2v) is 8.06. The molecule has 1 saturated heterocycles. The summed E-state index contributed by atoms with van der Waals surface area (Å²) in [5.41, 5.74) is 0.588. The average Bonchev–Trinajstić information content (AvgIpc) is 2.52. The van der Waals surface area contributed by atoms with Gasteiger partial charge < -0.3 is 9.80 Å². The Morgan fingerprint density at radius 1 is 1.36 bits per heavy atom. The fourth-order valence-corrected chi connectivity index (χ4v) is 3.01. The number of piperazine rings is 1. The zero-order chi connectivity index (χ0) is 16.2. The van der Waals surface area contributed by atoms with E-state index in [0.717, 1.165) is 18.9 Å². The van der Waals surface area contributed by atoms with Crippen LogP contribution < -0.4 is 4.90 Å². The normalized spacial score (nSPS) is 15.5. The van der Waals surface area contributed by atoms with Gasteiger partial charge in [0.05, 0.1) is 11.3 Å². The molecule has 118 valence electrons. The lowest BCUT2D eigenvalue weighted by molar-refractivity contribution is -0.128. The number of carbonyl (C=O) groups is 1. The Kier molecular flexibility index (Phi) is 5.30. The van der Waals surface area contributed by atoms with Crippen molar-refractivity contribution in [3.05, 3.63) is 23.9 Å². The van der Waals surface area contributed by atoms with Crippen LogP contribution in [0.4, 0.5) is 5.82 Å². The molecule has 1 fully saturated rings. The van der Waals surface area contributed by atoms with E-state index in [2.05, 4.69) is 36.7 Å². The molecular formula is C16H22N4OS. The number of nitrogens with zero attached hydrogens (tertiary/aromatic N) is 4. The smallest absolute Gasteiger partial charge is 0.232 e. The number of aromatic nitrogens is 1. The molecule has 0 unspecified atom stereocenters. The molecular weight excluding hydrogens is 296 g/mol. The lowest BCUT2D eigenvalue weighted by atomic mass is 10.2. The predicted molar refractivity (Wildman–Crippen MR) is 90.0 cm³/mol. The molecule has 22 heavy (non-hydrogen) atoms. The fourth-order valence-electron chi connectivity index (χ4n) is 2.27. The quantitative estimate of drug-likeness (QED) is 0.854. The summed E-state index contributed by atoms with van der Waals surface area (Å²) in [6.45, 7) is 9.17. The van der Waals surface area contributed by atoms with Gasteiger partial charge in [0, 0.05) is 37.1 Å². The van der Waals surface area contributed by atoms with Gasteiger partial charge in [0.15, 0.2) is 0 Å². The Morgan fingerprint density at radius 3 is 2.64 bits per heavy atom. The standard InChI is InChI=1S/C16H22N4OS/c1-16(2,3)22-12-14(21)19-7-9-20(10-8-19)15-13(11-17)5-4-6-18-15/h4-6H,7-10,12H2,1-3H3. The summed E-state index contributed by atoms with van der Waals surface area (Å²) in [6, 6.07) is 5.72. The van der Waals surface area contributed by atoms with Gasteiger partial charge in [-0.1, -0.05) is 20.8 Å². The monoisotopic (exact) mass is 318 g/mol. The first kappa shape index (κ1) is 16.6. The van der Waals surface area contributed by atoms with Crippen molar-refractivity contribution in [3.63, 3.8) is 0 Å². The minimum atomic E-state index is 0.104. The van der Waals surface area contributed by atoms with Crippen molar-refractivity contribution < 1.29 is 4.79 Å². The van der Waals surface area contributed by atoms with Crippen molar-refractivity contribution in [1.29, 1.82) is 5.26 Å². The number of carbonyl (C=O) groups excluding carboxylic acids is 1. The first-order valence-corrected chi connectivity index (χ1v) is 8.41. The third-order valence-corrected chi connectivity index (χ3v) is 4.73. The van der Waals surface area contributed by atoms with Crippen LogP contribution in [0.2, 0.25) is 0 Å². The Hall–Kier alpha value is -1.74. The van der Waals surface area contributed by atoms with E-state index in [-0.39, 0.29) is 10.7 Å². The van der Waals surface area contributed by atoms with E-state index in [1.165, 1.54) is 0 Å². The number of pyridine rings is 1. The molecule has 2 heterocycles. The van der Waals surface area contributed by atoms with Gasteiger partial charge in [-0.25, -0.2) is 4.98 Å². The van der Waals surface area contributed by atoms with E-state index in [1.807, 2.05) is 4.90 Å². The molecule has 0 bridgehead atoms. The highest BCUT2D eigenvalue weighted by atomic mass is 32.2. The molecule has 1 aliphatic rings. The lowest BCUT2D eigenvalue weighted by Gasteiger charge is -2.36. The minimum absolute atomic E-state index is 0.104. The second-order valence-electron chi connectivity index (χ2n) is 6.26. The molecule has 0 aliphatic carbocycles. The molecule has 1 aromatic rings. The molecule has 6 heteroatoms. The van der Waals surface area contributed by atoms with Crippen molar-refractivity contribution in [1.82, 2.24) is 9.88 Å². The Balaban J connectivity index is 1.91. The van der Waals surface area contributed by atoms with E-state index >= 15 is 0 Å². The molecule has 1 amide bonds. The first-order valence-electron chi connectivity index (χ1n) is 7.42. The maximum Gasteiger partial charge on any atom is 0.232 e. The van der Waals surface area contributed by atoms with E-state index < -0.39 is 0 Å². The Bertz CT molecular complexity index is 568. The molecule has 5 nitrogen and oxygen atoms in total. The van der Waals surface area contributed by atoms with Crippen molar-refractivity contribution in [2.24, 2.45) is 0 Å². The van der Waals surface area contributed by atoms with E-state index in [1.54, 1.807) is 30.1 Å². The van der Waals surface area contributed by atoms with Crippen LogP contribution in [0.1, 0.15) is 26.3 Å². The molecule has 0 spiro atoms. The molecule has 0 atom stereocenters. The summed E-state index contributed by atoms with van der Waals surface area (Å²) in [4.78, 5) is 20.5. The number of amides is 1. The number of thioether (sulfide) groups is 1. The number of rotatable bonds is 3. The number of hydrogen-bond donors (Lipinski definition) is 0. The van der Waals surface area contributed by atoms with E-state index in [0.29, 0.717) is 24.4 Å². The van der Waals surface area contributed by atoms with Gasteiger partial charge in [0.1, 0.15) is 11.9 Å². The Morgan fingerprint density at radius 2 is 2.05 bits per heavy atom. The molecule has 2 rings (SSSR count). The van der Waals surface area contributed by atoms with Crippen LogP contribution in [-0.2, 0) is 4.79 Å². The largest absolute Gasteiger partial charge is 0.352 e. The lowest BCUT2D eigenvalue weighted by Crippen LogP contribution is -2.49. The van der Waals surface area contributed by atoms with E-state index in [9.17, 15) is 4.79 Å². The van der Waals surface area contributed by atoms with Gasteiger partial charge in [-0.05, 0) is 12.1 Å². The second kappa shape index (κ2) is 7.01. The van der Waals surface area contributed by atoms with Crippen LogP contribution in [0.15, 0.2) is 18.3 Å². The predicted octanol–water partition coefficient (Wildman–Crippen LogP) is 2.13. The van der Waals surface area contributed by atoms with Crippen LogP contribution in [0.25, 0.3) is 0 Å². The minimum Gasteiger partial charge on any atom is -0.352 e. The van der Waals surface area contributed by atoms with Crippen LogP contribution >= 0.6 is 11.8 Å². The average molecular weight is 318 g/mol. The van der Waals surface area contributed by atoms with Crippen LogP contribution in [0.3, 0.4) is 0 Å². The summed E-state index contributed by atoms with van der Waals surface area (Å²) in [6.07, 6.45) is 1.70. The fraction of sp³-hybridized carbons (Fsp3) is 0.562. The highest BCUT2D eigenvalue weighted by molar-refractivity contribution is 8.01. The molecule has 0 N–H and O–H groups in total. The third-order valence-electron chi connectivity index (χ3n) is 3.47. The number of nitriles is 1. The highest BCUT2D eigenvalue weighted by Gasteiger charge is 2.24. The molecule has 0 saturated carbocycles. The SMILES string of the molecule is CC(C)(C)SCC(=O)N1CCN(c2ncccc2C#N)CC1. The van der Waals surface area contributed by atoms with Crippen molar-refractivity contribution in [3.8, 4) is 6.07 Å². The van der Waals surface area contributed by atoms with Crippen molar-refractivity contribution in [2.45, 2.75) is 25.5 Å².